The molecule has 0 aromatic carbocycles. The maximum absolute atomic E-state index is 6.57. The fourth-order valence-corrected chi connectivity index (χ4v) is 0.568. The minimum atomic E-state index is -0.972. The van der Waals surface area contributed by atoms with E-state index in [1.807, 2.05) is 0 Å². The van der Waals surface area contributed by atoms with Gasteiger partial charge in [0, 0.05) is 0 Å². The van der Waals surface area contributed by atoms with E-state index in [-0.39, 0.29) is 0 Å². The Balaban J connectivity index is 2.56. The highest BCUT2D eigenvalue weighted by Gasteiger charge is 2.37. The third-order valence-electron chi connectivity index (χ3n) is 1.03. The van der Waals surface area contributed by atoms with Crippen molar-refractivity contribution in [1.29, 1.82) is 0 Å². The quantitative estimate of drug-likeness (QED) is 0.430. The highest BCUT2D eigenvalue weighted by atomic mass is 16.8. The first-order chi connectivity index (χ1) is 3.77. The largest absolute Gasteiger partial charge is 0.454 e. The average molecular weight is 113 g/mol. The normalized spacial score (nSPS) is 25.0. The summed E-state index contributed by atoms with van der Waals surface area (Å²) >= 11 is 0. The van der Waals surface area contributed by atoms with E-state index >= 15 is 0 Å². The molecule has 44 valence electrons. The number of ether oxygens (including phenoxy) is 2. The van der Waals surface area contributed by atoms with Gasteiger partial charge in [0.1, 0.15) is 0 Å². The van der Waals surface area contributed by atoms with Crippen LogP contribution in [0, 0.1) is 6.57 Å². The molecule has 0 aromatic heterocycles. The first-order valence-corrected chi connectivity index (χ1v) is 2.43. The lowest BCUT2D eigenvalue weighted by Crippen LogP contribution is -2.18. The van der Waals surface area contributed by atoms with Crippen molar-refractivity contribution in [3.05, 3.63) is 11.4 Å². The van der Waals surface area contributed by atoms with Gasteiger partial charge in [-0.3, -0.25) is 14.3 Å². The van der Waals surface area contributed by atoms with Gasteiger partial charge < -0.3 is 0 Å². The molecule has 0 unspecified atom stereocenters. The average Bonchev–Trinajstić information content (AvgIpc) is 2.17. The molecular weight excluding hydrogens is 106 g/mol. The van der Waals surface area contributed by atoms with Crippen molar-refractivity contribution in [1.82, 2.24) is 0 Å². The Morgan fingerprint density at radius 2 is 2.00 bits per heavy atom. The zero-order valence-electron chi connectivity index (χ0n) is 4.68. The van der Waals surface area contributed by atoms with Crippen LogP contribution >= 0.6 is 0 Å². The van der Waals surface area contributed by atoms with Crippen LogP contribution in [0.15, 0.2) is 0 Å². The molecule has 0 aliphatic carbocycles. The second-order valence-electron chi connectivity index (χ2n) is 1.71. The molecule has 0 radical (unpaired) electrons. The summed E-state index contributed by atoms with van der Waals surface area (Å²) in [5.74, 6) is -0.972. The van der Waals surface area contributed by atoms with Crippen molar-refractivity contribution < 1.29 is 9.47 Å². The lowest BCUT2D eigenvalue weighted by molar-refractivity contribution is -0.102. The molecule has 3 heteroatoms. The van der Waals surface area contributed by atoms with E-state index in [1.54, 1.807) is 6.92 Å². The lowest BCUT2D eigenvalue weighted by Gasteiger charge is -2.04. The van der Waals surface area contributed by atoms with E-state index in [0.29, 0.717) is 13.2 Å². The van der Waals surface area contributed by atoms with Gasteiger partial charge in [0.25, 0.3) is 0 Å². The Kier molecular flexibility index (Phi) is 1.20. The molecule has 3 nitrogen and oxygen atoms in total. The molecular formula is C5H7NO2. The van der Waals surface area contributed by atoms with E-state index in [1.165, 1.54) is 0 Å². The molecule has 0 bridgehead atoms. The SMILES string of the molecule is [C-]#[N+]C1(C)OCCO1. The first kappa shape index (κ1) is 5.54. The monoisotopic (exact) mass is 113 g/mol. The lowest BCUT2D eigenvalue weighted by atomic mass is 10.6. The van der Waals surface area contributed by atoms with Crippen molar-refractivity contribution in [2.24, 2.45) is 0 Å². The first-order valence-electron chi connectivity index (χ1n) is 2.43. The number of hydrogen-bond donors (Lipinski definition) is 0. The molecule has 1 heterocycles. The van der Waals surface area contributed by atoms with Crippen molar-refractivity contribution in [3.63, 3.8) is 0 Å². The Hall–Kier alpha value is -0.590. The summed E-state index contributed by atoms with van der Waals surface area (Å²) in [6, 6.07) is 0. The highest BCUT2D eigenvalue weighted by Crippen LogP contribution is 2.18. The smallest absolute Gasteiger partial charge is 0.281 e. The van der Waals surface area contributed by atoms with E-state index < -0.39 is 5.91 Å². The highest BCUT2D eigenvalue weighted by molar-refractivity contribution is 4.77. The third-order valence-corrected chi connectivity index (χ3v) is 1.03. The third kappa shape index (κ3) is 0.808. The van der Waals surface area contributed by atoms with Gasteiger partial charge in [0.2, 0.25) is 0 Å². The molecule has 1 saturated heterocycles. The number of hydrogen-bond acceptors (Lipinski definition) is 2. The van der Waals surface area contributed by atoms with E-state index in [4.69, 9.17) is 16.0 Å². The number of rotatable bonds is 0. The van der Waals surface area contributed by atoms with Crippen LogP contribution in [0.3, 0.4) is 0 Å². The van der Waals surface area contributed by atoms with Gasteiger partial charge in [0.15, 0.2) is 0 Å². The van der Waals surface area contributed by atoms with Crippen LogP contribution in [0.25, 0.3) is 4.85 Å². The van der Waals surface area contributed by atoms with Crippen LogP contribution in [-0.4, -0.2) is 19.1 Å². The molecule has 1 aliphatic heterocycles. The van der Waals surface area contributed by atoms with Crippen LogP contribution in [0.4, 0.5) is 0 Å². The minimum absolute atomic E-state index is 0.541. The van der Waals surface area contributed by atoms with Gasteiger partial charge in [-0.2, -0.15) is 0 Å². The van der Waals surface area contributed by atoms with Crippen molar-refractivity contribution >= 4 is 0 Å². The van der Waals surface area contributed by atoms with Crippen molar-refractivity contribution in [2.75, 3.05) is 13.2 Å². The molecule has 0 amide bonds. The molecule has 8 heavy (non-hydrogen) atoms. The summed E-state index contributed by atoms with van der Waals surface area (Å²) in [5.41, 5.74) is 0. The van der Waals surface area contributed by atoms with Gasteiger partial charge in [-0.05, 0) is 0 Å². The Morgan fingerprint density at radius 3 is 2.25 bits per heavy atom. The second kappa shape index (κ2) is 1.73. The summed E-state index contributed by atoms with van der Waals surface area (Å²) < 4.78 is 9.83. The molecule has 0 saturated carbocycles. The molecule has 0 aromatic rings. The van der Waals surface area contributed by atoms with Crippen LogP contribution in [-0.2, 0) is 9.47 Å². The number of nitrogens with zero attached hydrogens (tertiary/aromatic N) is 1. The maximum Gasteiger partial charge on any atom is 0.454 e. The predicted octanol–water partition coefficient (Wildman–Crippen LogP) is 0.626. The van der Waals surface area contributed by atoms with Crippen LogP contribution in [0.1, 0.15) is 6.92 Å². The van der Waals surface area contributed by atoms with Crippen LogP contribution < -0.4 is 0 Å². The van der Waals surface area contributed by atoms with Gasteiger partial charge in [-0.15, -0.1) is 0 Å². The van der Waals surface area contributed by atoms with Gasteiger partial charge in [-0.25, -0.2) is 6.57 Å². The van der Waals surface area contributed by atoms with Gasteiger partial charge in [0.05, 0.1) is 20.1 Å². The second-order valence-corrected chi connectivity index (χ2v) is 1.71. The molecule has 1 rings (SSSR count). The fourth-order valence-electron chi connectivity index (χ4n) is 0.568. The Labute approximate surface area is 48.0 Å². The summed E-state index contributed by atoms with van der Waals surface area (Å²) in [4.78, 5) is 3.12. The van der Waals surface area contributed by atoms with Crippen LogP contribution in [0.2, 0.25) is 0 Å². The summed E-state index contributed by atoms with van der Waals surface area (Å²) in [6.45, 7) is 9.27. The van der Waals surface area contributed by atoms with Crippen molar-refractivity contribution in [3.8, 4) is 0 Å². The topological polar surface area (TPSA) is 22.8 Å². The molecule has 1 fully saturated rings. The zero-order chi connectivity index (χ0) is 6.04. The molecule has 0 N–H and O–H groups in total. The zero-order valence-corrected chi connectivity index (χ0v) is 4.68. The minimum Gasteiger partial charge on any atom is -0.281 e. The van der Waals surface area contributed by atoms with Gasteiger partial charge in [-0.1, -0.05) is 0 Å². The van der Waals surface area contributed by atoms with Crippen molar-refractivity contribution in [2.45, 2.75) is 12.8 Å². The fraction of sp³-hybridized carbons (Fsp3) is 0.800. The molecule has 0 atom stereocenters. The van der Waals surface area contributed by atoms with Crippen LogP contribution in [0.5, 0.6) is 0 Å². The van der Waals surface area contributed by atoms with E-state index in [9.17, 15) is 0 Å². The molecule has 0 spiro atoms. The summed E-state index contributed by atoms with van der Waals surface area (Å²) in [5, 5.41) is 0. The predicted molar refractivity (Wildman–Crippen MR) is 26.9 cm³/mol. The maximum atomic E-state index is 6.57. The summed E-state index contributed by atoms with van der Waals surface area (Å²) in [7, 11) is 0. The van der Waals surface area contributed by atoms with E-state index in [2.05, 4.69) is 4.85 Å². The Morgan fingerprint density at radius 1 is 1.50 bits per heavy atom. The summed E-state index contributed by atoms with van der Waals surface area (Å²) in [6.07, 6.45) is 0. The standard InChI is InChI=1S/C5H7NO2/c1-5(6-2)7-3-4-8-5/h3-4H2,1H3. The molecule has 1 aliphatic rings. The van der Waals surface area contributed by atoms with Gasteiger partial charge >= 0.3 is 5.91 Å². The van der Waals surface area contributed by atoms with E-state index in [0.717, 1.165) is 0 Å². The Bertz CT molecular complexity index is 121.